The lowest BCUT2D eigenvalue weighted by atomic mass is 9.85. The average Bonchev–Trinajstić information content (AvgIpc) is 3.46. The third-order valence-corrected chi connectivity index (χ3v) is 10.1. The number of piperidine rings is 1. The summed E-state index contributed by atoms with van der Waals surface area (Å²) in [5.74, 6) is 0.832. The van der Waals surface area contributed by atoms with Crippen molar-refractivity contribution in [2.75, 3.05) is 24.7 Å². The predicted molar refractivity (Wildman–Crippen MR) is 171 cm³/mol. The van der Waals surface area contributed by atoms with Crippen molar-refractivity contribution in [3.05, 3.63) is 35.9 Å². The Labute approximate surface area is 255 Å². The summed E-state index contributed by atoms with van der Waals surface area (Å²) in [7, 11) is 0. The molecule has 0 bridgehead atoms. The molecule has 2 amide bonds. The second-order valence-electron chi connectivity index (χ2n) is 13.1. The second-order valence-corrected chi connectivity index (χ2v) is 14.5. The molecular formula is C32H48N4O3S2. The first-order chi connectivity index (χ1) is 19.6. The number of ketones is 1. The van der Waals surface area contributed by atoms with Crippen LogP contribution in [0.3, 0.4) is 0 Å². The summed E-state index contributed by atoms with van der Waals surface area (Å²) >= 11 is 7.42. The monoisotopic (exact) mass is 600 g/mol. The number of thioether (sulfide) groups is 1. The minimum atomic E-state index is -0.747. The number of likely N-dealkylation sites (tertiary alicyclic amines) is 1. The number of hydrogen-bond donors (Lipinski definition) is 2. The van der Waals surface area contributed by atoms with Crippen LogP contribution in [-0.2, 0) is 20.9 Å². The molecule has 9 heteroatoms. The second kappa shape index (κ2) is 15.0. The number of carbonyl (C=O) groups is 3. The molecule has 226 valence electrons. The Hall–Kier alpha value is -1.97. The van der Waals surface area contributed by atoms with E-state index in [1.165, 1.54) is 37.7 Å². The van der Waals surface area contributed by atoms with E-state index in [0.717, 1.165) is 45.3 Å². The van der Waals surface area contributed by atoms with E-state index in [4.69, 9.17) is 12.2 Å². The molecule has 2 aliphatic heterocycles. The highest BCUT2D eigenvalue weighted by Crippen LogP contribution is 2.29. The molecule has 0 unspecified atom stereocenters. The first-order valence-corrected chi connectivity index (χ1v) is 17.0. The Kier molecular flexibility index (Phi) is 11.7. The van der Waals surface area contributed by atoms with Crippen molar-refractivity contribution < 1.29 is 14.4 Å². The Morgan fingerprint density at radius 3 is 2.37 bits per heavy atom. The van der Waals surface area contributed by atoms with Crippen LogP contribution in [0.15, 0.2) is 30.3 Å². The van der Waals surface area contributed by atoms with Crippen molar-refractivity contribution in [3.63, 3.8) is 0 Å². The molecule has 0 aromatic heterocycles. The number of Topliss-reactive ketones (excluding diaryl/α,β-unsaturated/α-hetero) is 1. The molecule has 2 saturated heterocycles. The minimum absolute atomic E-state index is 0.000960. The topological polar surface area (TPSA) is 81.8 Å². The van der Waals surface area contributed by atoms with Gasteiger partial charge in [-0.25, -0.2) is 0 Å². The highest BCUT2D eigenvalue weighted by Gasteiger charge is 2.40. The molecule has 1 aromatic carbocycles. The summed E-state index contributed by atoms with van der Waals surface area (Å²) < 4.78 is 0. The molecule has 0 spiro atoms. The van der Waals surface area contributed by atoms with Crippen molar-refractivity contribution in [2.24, 2.45) is 11.3 Å². The van der Waals surface area contributed by atoms with Gasteiger partial charge >= 0.3 is 0 Å². The zero-order valence-electron chi connectivity index (χ0n) is 25.0. The number of nitrogens with one attached hydrogen (secondary N) is 2. The normalized spacial score (nSPS) is 21.8. The molecule has 3 fully saturated rings. The van der Waals surface area contributed by atoms with Crippen LogP contribution in [-0.4, -0.2) is 75.2 Å². The van der Waals surface area contributed by atoms with Crippen molar-refractivity contribution in [1.29, 1.82) is 0 Å². The number of carbonyl (C=O) groups excluding carboxylic acids is 3. The molecular weight excluding hydrogens is 553 g/mol. The SMILES string of the molecule is CC(C)(C)C(=O)C(=O)N1CSC[C@@H]1C(=S)N[C@H](CCC1CCCCC1)C(=O)NC1CCN(Cc2ccccc2)CC1. The van der Waals surface area contributed by atoms with Crippen LogP contribution in [0.1, 0.15) is 84.1 Å². The lowest BCUT2D eigenvalue weighted by Crippen LogP contribution is -2.56. The van der Waals surface area contributed by atoms with Gasteiger partial charge in [-0.2, -0.15) is 0 Å². The first kappa shape index (κ1) is 32.0. The predicted octanol–water partition coefficient (Wildman–Crippen LogP) is 4.93. The molecule has 0 radical (unpaired) electrons. The van der Waals surface area contributed by atoms with Crippen LogP contribution in [0.4, 0.5) is 0 Å². The Bertz CT molecular complexity index is 1050. The van der Waals surface area contributed by atoms with Gasteiger partial charge in [0.25, 0.3) is 5.91 Å². The summed E-state index contributed by atoms with van der Waals surface area (Å²) in [6, 6.07) is 9.86. The van der Waals surface area contributed by atoms with Crippen LogP contribution in [0.2, 0.25) is 0 Å². The molecule has 1 aromatic rings. The number of rotatable bonds is 10. The maximum atomic E-state index is 13.7. The van der Waals surface area contributed by atoms with E-state index >= 15 is 0 Å². The van der Waals surface area contributed by atoms with Gasteiger partial charge in [0.1, 0.15) is 6.04 Å². The Morgan fingerprint density at radius 2 is 1.71 bits per heavy atom. The van der Waals surface area contributed by atoms with Gasteiger partial charge in [-0.1, -0.05) is 95.4 Å². The molecule has 3 aliphatic rings. The smallest absolute Gasteiger partial charge is 0.291 e. The molecule has 2 N–H and O–H groups in total. The van der Waals surface area contributed by atoms with Gasteiger partial charge < -0.3 is 15.5 Å². The summed E-state index contributed by atoms with van der Waals surface area (Å²) in [5.41, 5.74) is 0.570. The highest BCUT2D eigenvalue weighted by atomic mass is 32.2. The van der Waals surface area contributed by atoms with Gasteiger partial charge in [-0.05, 0) is 37.2 Å². The van der Waals surface area contributed by atoms with Crippen molar-refractivity contribution in [3.8, 4) is 0 Å². The molecule has 2 atom stereocenters. The fourth-order valence-electron chi connectivity index (χ4n) is 6.10. The van der Waals surface area contributed by atoms with E-state index in [1.54, 1.807) is 37.4 Å². The van der Waals surface area contributed by atoms with Gasteiger partial charge in [0.15, 0.2) is 0 Å². The molecule has 2 heterocycles. The maximum Gasteiger partial charge on any atom is 0.291 e. The van der Waals surface area contributed by atoms with Gasteiger partial charge in [0.05, 0.1) is 16.9 Å². The lowest BCUT2D eigenvalue weighted by Gasteiger charge is -2.34. The fourth-order valence-corrected chi connectivity index (χ4v) is 7.73. The first-order valence-electron chi connectivity index (χ1n) is 15.4. The highest BCUT2D eigenvalue weighted by molar-refractivity contribution is 7.99. The number of amides is 2. The standard InChI is InChI=1S/C32H48N4O3S2/c1-32(2,3)28(37)31(39)36-22-41-21-27(36)30(40)34-26(15-14-23-10-6-4-7-11-23)29(38)33-25-16-18-35(19-17-25)20-24-12-8-5-9-13-24/h5,8-9,12-13,23,25-27H,4,6-7,10-11,14-22H2,1-3H3,(H,33,38)(H,34,40)/t26-,27-/m1/s1. The molecule has 4 rings (SSSR count). The van der Waals surface area contributed by atoms with E-state index < -0.39 is 23.1 Å². The van der Waals surface area contributed by atoms with Gasteiger partial charge in [-0.15, -0.1) is 11.8 Å². The molecule has 1 saturated carbocycles. The number of nitrogens with zero attached hydrogens (tertiary/aromatic N) is 2. The molecule has 7 nitrogen and oxygen atoms in total. The zero-order chi connectivity index (χ0) is 29.4. The lowest BCUT2D eigenvalue weighted by molar-refractivity contribution is -0.148. The van der Waals surface area contributed by atoms with Crippen LogP contribution >= 0.6 is 24.0 Å². The van der Waals surface area contributed by atoms with Crippen LogP contribution < -0.4 is 10.6 Å². The largest absolute Gasteiger partial charge is 0.366 e. The number of thiocarbonyl (C=S) groups is 1. The van der Waals surface area contributed by atoms with Crippen molar-refractivity contribution >= 4 is 46.6 Å². The summed E-state index contributed by atoms with van der Waals surface area (Å²) in [6.07, 6.45) is 9.88. The third kappa shape index (κ3) is 9.26. The summed E-state index contributed by atoms with van der Waals surface area (Å²) in [4.78, 5) is 44.0. The summed E-state index contributed by atoms with van der Waals surface area (Å²) in [5, 5.41) is 6.71. The Morgan fingerprint density at radius 1 is 1.02 bits per heavy atom. The quantitative estimate of drug-likeness (QED) is 0.291. The summed E-state index contributed by atoms with van der Waals surface area (Å²) in [6.45, 7) is 8.14. The molecule has 1 aliphatic carbocycles. The van der Waals surface area contributed by atoms with Gasteiger partial charge in [0.2, 0.25) is 11.7 Å². The molecule has 41 heavy (non-hydrogen) atoms. The van der Waals surface area contributed by atoms with E-state index in [2.05, 4.69) is 39.8 Å². The van der Waals surface area contributed by atoms with Crippen LogP contribution in [0, 0.1) is 11.3 Å². The van der Waals surface area contributed by atoms with E-state index in [0.29, 0.717) is 22.5 Å². The minimum Gasteiger partial charge on any atom is -0.366 e. The van der Waals surface area contributed by atoms with Crippen molar-refractivity contribution in [2.45, 2.75) is 103 Å². The number of hydrogen-bond acceptors (Lipinski definition) is 6. The Balaban J connectivity index is 1.35. The van der Waals surface area contributed by atoms with Crippen LogP contribution in [0.25, 0.3) is 0 Å². The van der Waals surface area contributed by atoms with E-state index in [1.807, 2.05) is 6.07 Å². The number of benzene rings is 1. The van der Waals surface area contributed by atoms with Crippen LogP contribution in [0.5, 0.6) is 0 Å². The zero-order valence-corrected chi connectivity index (χ0v) is 26.7. The maximum absolute atomic E-state index is 13.7. The van der Waals surface area contributed by atoms with Gasteiger partial charge in [0, 0.05) is 36.8 Å². The van der Waals surface area contributed by atoms with Crippen molar-refractivity contribution in [1.82, 2.24) is 20.4 Å². The van der Waals surface area contributed by atoms with Gasteiger partial charge in [-0.3, -0.25) is 19.3 Å². The third-order valence-electron chi connectivity index (χ3n) is 8.73. The van der Waals surface area contributed by atoms with E-state index in [9.17, 15) is 14.4 Å². The fraction of sp³-hybridized carbons (Fsp3) is 0.688. The average molecular weight is 601 g/mol. The van der Waals surface area contributed by atoms with E-state index in [-0.39, 0.29) is 18.0 Å².